The van der Waals surface area contributed by atoms with Crippen LogP contribution in [0.4, 0.5) is 5.69 Å². The maximum Gasteiger partial charge on any atom is 0.278 e. The van der Waals surface area contributed by atoms with Gasteiger partial charge in [-0.15, -0.1) is 0 Å². The fraction of sp³-hybridized carbons (Fsp3) is 0.273. The number of aromatic nitrogens is 1. The Hall–Kier alpha value is -3.12. The lowest BCUT2D eigenvalue weighted by Crippen LogP contribution is -2.22. The average molecular weight is 380 g/mol. The number of amides is 1. The van der Waals surface area contributed by atoms with E-state index in [1.807, 2.05) is 51.1 Å². The van der Waals surface area contributed by atoms with Gasteiger partial charge in [0, 0.05) is 17.3 Å². The van der Waals surface area contributed by atoms with Crippen LogP contribution in [0.3, 0.4) is 0 Å². The monoisotopic (exact) mass is 380 g/mol. The number of carbonyl (C=O) groups is 1. The van der Waals surface area contributed by atoms with Gasteiger partial charge in [0.2, 0.25) is 0 Å². The predicted octanol–water partition coefficient (Wildman–Crippen LogP) is 4.39. The number of anilines is 1. The molecule has 146 valence electrons. The molecule has 2 aromatic carbocycles. The Bertz CT molecular complexity index is 980. The number of ether oxygens (including phenoxy) is 2. The standard InChI is InChI=1S/C22H24N2O4/c1-22(2,3)28-13-12-27-19-8-4-6-15-14-16(9-10-17(15)19)24-21(26)20-18(25)7-5-11-23-20/h4-11,14,25H,12-13H2,1-3H3,(H,24,26). The molecule has 0 saturated carbocycles. The van der Waals surface area contributed by atoms with E-state index in [1.54, 1.807) is 12.1 Å². The van der Waals surface area contributed by atoms with E-state index >= 15 is 0 Å². The van der Waals surface area contributed by atoms with Crippen LogP contribution < -0.4 is 10.1 Å². The number of nitrogens with one attached hydrogen (secondary N) is 1. The summed E-state index contributed by atoms with van der Waals surface area (Å²) in [7, 11) is 0. The number of hydrogen-bond acceptors (Lipinski definition) is 5. The molecule has 0 aliphatic rings. The molecule has 0 aliphatic heterocycles. The van der Waals surface area contributed by atoms with Crippen molar-refractivity contribution in [3.05, 3.63) is 60.4 Å². The van der Waals surface area contributed by atoms with E-state index in [-0.39, 0.29) is 17.0 Å². The second kappa shape index (κ2) is 8.27. The molecule has 0 bridgehead atoms. The van der Waals surface area contributed by atoms with Gasteiger partial charge in [0.1, 0.15) is 18.1 Å². The van der Waals surface area contributed by atoms with Crippen LogP contribution in [-0.2, 0) is 4.74 Å². The van der Waals surface area contributed by atoms with Crippen LogP contribution in [0.5, 0.6) is 11.5 Å². The molecular weight excluding hydrogens is 356 g/mol. The summed E-state index contributed by atoms with van der Waals surface area (Å²) in [4.78, 5) is 16.2. The van der Waals surface area contributed by atoms with Gasteiger partial charge in [-0.05, 0) is 62.6 Å². The molecule has 0 aliphatic carbocycles. The summed E-state index contributed by atoms with van der Waals surface area (Å²) >= 11 is 0. The Morgan fingerprint density at radius 2 is 1.93 bits per heavy atom. The number of carbonyl (C=O) groups excluding carboxylic acids is 1. The van der Waals surface area contributed by atoms with Crippen LogP contribution in [0.15, 0.2) is 54.7 Å². The summed E-state index contributed by atoms with van der Waals surface area (Å²) in [5, 5.41) is 14.4. The fourth-order valence-corrected chi connectivity index (χ4v) is 2.72. The lowest BCUT2D eigenvalue weighted by atomic mass is 10.1. The van der Waals surface area contributed by atoms with Crippen LogP contribution in [0.25, 0.3) is 10.8 Å². The van der Waals surface area contributed by atoms with Gasteiger partial charge < -0.3 is 19.9 Å². The van der Waals surface area contributed by atoms with E-state index in [0.29, 0.717) is 18.9 Å². The van der Waals surface area contributed by atoms with Crippen molar-refractivity contribution in [2.75, 3.05) is 18.5 Å². The van der Waals surface area contributed by atoms with Crippen LogP contribution in [0.1, 0.15) is 31.3 Å². The van der Waals surface area contributed by atoms with Crippen molar-refractivity contribution in [2.24, 2.45) is 0 Å². The van der Waals surface area contributed by atoms with Gasteiger partial charge in [0.25, 0.3) is 5.91 Å². The van der Waals surface area contributed by atoms with Crippen molar-refractivity contribution in [1.82, 2.24) is 4.98 Å². The second-order valence-electron chi connectivity index (χ2n) is 7.33. The van der Waals surface area contributed by atoms with Gasteiger partial charge >= 0.3 is 0 Å². The molecule has 3 aromatic rings. The van der Waals surface area contributed by atoms with Gasteiger partial charge in [0.15, 0.2) is 5.69 Å². The van der Waals surface area contributed by atoms with Gasteiger partial charge in [-0.3, -0.25) is 4.79 Å². The number of rotatable bonds is 6. The van der Waals surface area contributed by atoms with E-state index in [9.17, 15) is 9.90 Å². The summed E-state index contributed by atoms with van der Waals surface area (Å²) < 4.78 is 11.5. The van der Waals surface area contributed by atoms with E-state index < -0.39 is 5.91 Å². The molecule has 0 saturated heterocycles. The largest absolute Gasteiger partial charge is 0.505 e. The Morgan fingerprint density at radius 3 is 2.68 bits per heavy atom. The molecule has 1 amide bonds. The van der Waals surface area contributed by atoms with Crippen LogP contribution in [0, 0.1) is 0 Å². The molecule has 1 aromatic heterocycles. The number of hydrogen-bond donors (Lipinski definition) is 2. The molecule has 1 heterocycles. The molecule has 2 N–H and O–H groups in total. The third-order valence-electron chi connectivity index (χ3n) is 3.98. The normalized spacial score (nSPS) is 11.4. The number of pyridine rings is 1. The number of nitrogens with zero attached hydrogens (tertiary/aromatic N) is 1. The zero-order valence-corrected chi connectivity index (χ0v) is 16.2. The maximum absolute atomic E-state index is 12.3. The number of aromatic hydroxyl groups is 1. The minimum atomic E-state index is -0.468. The molecule has 3 rings (SSSR count). The summed E-state index contributed by atoms with van der Waals surface area (Å²) in [6.45, 7) is 6.97. The summed E-state index contributed by atoms with van der Waals surface area (Å²) in [6, 6.07) is 14.3. The van der Waals surface area contributed by atoms with E-state index in [1.165, 1.54) is 12.3 Å². The Labute approximate surface area is 164 Å². The van der Waals surface area contributed by atoms with Crippen molar-refractivity contribution < 1.29 is 19.4 Å². The minimum absolute atomic E-state index is 0.0153. The van der Waals surface area contributed by atoms with Crippen molar-refractivity contribution >= 4 is 22.4 Å². The van der Waals surface area contributed by atoms with Crippen LogP contribution in [0.2, 0.25) is 0 Å². The number of benzene rings is 2. The molecule has 6 nitrogen and oxygen atoms in total. The van der Waals surface area contributed by atoms with Crippen molar-refractivity contribution in [1.29, 1.82) is 0 Å². The van der Waals surface area contributed by atoms with Crippen molar-refractivity contribution in [3.8, 4) is 11.5 Å². The SMILES string of the molecule is CC(C)(C)OCCOc1cccc2cc(NC(=O)c3ncccc3O)ccc12. The highest BCUT2D eigenvalue weighted by atomic mass is 16.5. The zero-order chi connectivity index (χ0) is 20.1. The van der Waals surface area contributed by atoms with Gasteiger partial charge in [-0.1, -0.05) is 12.1 Å². The smallest absolute Gasteiger partial charge is 0.278 e. The van der Waals surface area contributed by atoms with Crippen LogP contribution in [-0.4, -0.2) is 34.8 Å². The summed E-state index contributed by atoms with van der Waals surface area (Å²) in [6.07, 6.45) is 1.46. The fourth-order valence-electron chi connectivity index (χ4n) is 2.72. The lowest BCUT2D eigenvalue weighted by Gasteiger charge is -2.19. The summed E-state index contributed by atoms with van der Waals surface area (Å²) in [5.74, 6) is 0.133. The Kier molecular flexibility index (Phi) is 5.80. The van der Waals surface area contributed by atoms with Gasteiger partial charge in [0.05, 0.1) is 12.2 Å². The minimum Gasteiger partial charge on any atom is -0.505 e. The van der Waals surface area contributed by atoms with E-state index in [2.05, 4.69) is 10.3 Å². The third-order valence-corrected chi connectivity index (χ3v) is 3.98. The molecule has 0 unspecified atom stereocenters. The van der Waals surface area contributed by atoms with Gasteiger partial charge in [-0.2, -0.15) is 0 Å². The average Bonchev–Trinajstić information content (AvgIpc) is 2.64. The lowest BCUT2D eigenvalue weighted by molar-refractivity contribution is -0.0161. The number of fused-ring (bicyclic) bond motifs is 1. The molecule has 0 radical (unpaired) electrons. The Morgan fingerprint density at radius 1 is 1.11 bits per heavy atom. The molecule has 28 heavy (non-hydrogen) atoms. The predicted molar refractivity (Wildman–Crippen MR) is 109 cm³/mol. The zero-order valence-electron chi connectivity index (χ0n) is 16.2. The van der Waals surface area contributed by atoms with Crippen LogP contribution >= 0.6 is 0 Å². The molecule has 0 fully saturated rings. The first kappa shape index (κ1) is 19.6. The quantitative estimate of drug-likeness (QED) is 0.620. The first-order chi connectivity index (χ1) is 13.3. The third kappa shape index (κ3) is 4.98. The molecular formula is C22H24N2O4. The molecule has 6 heteroatoms. The first-order valence-electron chi connectivity index (χ1n) is 9.08. The molecule has 0 atom stereocenters. The van der Waals surface area contributed by atoms with Crippen molar-refractivity contribution in [3.63, 3.8) is 0 Å². The second-order valence-corrected chi connectivity index (χ2v) is 7.33. The highest BCUT2D eigenvalue weighted by molar-refractivity contribution is 6.05. The summed E-state index contributed by atoms with van der Waals surface area (Å²) in [5.41, 5.74) is 0.395. The highest BCUT2D eigenvalue weighted by Crippen LogP contribution is 2.28. The highest BCUT2D eigenvalue weighted by Gasteiger charge is 2.13. The topological polar surface area (TPSA) is 80.7 Å². The Balaban J connectivity index is 1.72. The van der Waals surface area contributed by atoms with Gasteiger partial charge in [-0.25, -0.2) is 4.98 Å². The van der Waals surface area contributed by atoms with E-state index in [0.717, 1.165) is 16.5 Å². The van der Waals surface area contributed by atoms with Crippen molar-refractivity contribution in [2.45, 2.75) is 26.4 Å². The van der Waals surface area contributed by atoms with E-state index in [4.69, 9.17) is 9.47 Å². The first-order valence-corrected chi connectivity index (χ1v) is 9.08. The molecule has 0 spiro atoms. The maximum atomic E-state index is 12.3.